The number of hydrogen-bond acceptors (Lipinski definition) is 0. The van der Waals surface area contributed by atoms with Crippen molar-refractivity contribution in [2.45, 2.75) is 65.7 Å². The lowest BCUT2D eigenvalue weighted by Gasteiger charge is -2.12. The number of allylic oxidation sites excluding steroid dienone is 1. The second kappa shape index (κ2) is 13.5. The molecule has 0 saturated heterocycles. The maximum absolute atomic E-state index is 3.31. The van der Waals surface area contributed by atoms with E-state index in [0.29, 0.717) is 5.92 Å². The summed E-state index contributed by atoms with van der Waals surface area (Å²) in [6.45, 7) is 6.84. The summed E-state index contributed by atoms with van der Waals surface area (Å²) in [4.78, 5) is 0. The van der Waals surface area contributed by atoms with E-state index in [-0.39, 0.29) is 0 Å². The molecule has 3 aromatic carbocycles. The van der Waals surface area contributed by atoms with E-state index in [1.165, 1.54) is 60.8 Å². The molecule has 0 nitrogen and oxygen atoms in total. The molecule has 0 spiro atoms. The molecular formula is C33H38. The number of unbranched alkanes of at least 4 members (excludes halogenated alkanes) is 2. The Morgan fingerprint density at radius 3 is 1.94 bits per heavy atom. The van der Waals surface area contributed by atoms with Gasteiger partial charge in [-0.05, 0) is 85.9 Å². The van der Waals surface area contributed by atoms with Crippen LogP contribution in [0.5, 0.6) is 0 Å². The van der Waals surface area contributed by atoms with Crippen molar-refractivity contribution in [2.24, 2.45) is 5.92 Å². The van der Waals surface area contributed by atoms with Gasteiger partial charge in [0.2, 0.25) is 0 Å². The monoisotopic (exact) mass is 434 g/mol. The van der Waals surface area contributed by atoms with Crippen LogP contribution >= 0.6 is 0 Å². The predicted molar refractivity (Wildman–Crippen MR) is 144 cm³/mol. The van der Waals surface area contributed by atoms with Crippen LogP contribution in [0.15, 0.2) is 84.4 Å². The topological polar surface area (TPSA) is 0 Å². The molecule has 0 N–H and O–H groups in total. The first-order valence-electron chi connectivity index (χ1n) is 12.6. The number of aryl methyl sites for hydroxylation is 2. The van der Waals surface area contributed by atoms with Gasteiger partial charge in [-0.15, -0.1) is 0 Å². The van der Waals surface area contributed by atoms with E-state index in [0.717, 1.165) is 17.5 Å². The highest BCUT2D eigenvalue weighted by Gasteiger charge is 2.05. The Balaban J connectivity index is 1.50. The maximum atomic E-state index is 3.31. The summed E-state index contributed by atoms with van der Waals surface area (Å²) < 4.78 is 0. The fourth-order valence-electron chi connectivity index (χ4n) is 4.03. The quantitative estimate of drug-likeness (QED) is 0.221. The third-order valence-electron chi connectivity index (χ3n) is 6.40. The minimum atomic E-state index is 0.595. The number of benzene rings is 3. The third kappa shape index (κ3) is 8.78. The van der Waals surface area contributed by atoms with Gasteiger partial charge in [-0.3, -0.25) is 0 Å². The van der Waals surface area contributed by atoms with E-state index >= 15 is 0 Å². The zero-order valence-electron chi connectivity index (χ0n) is 20.6. The first kappa shape index (κ1) is 24.6. The van der Waals surface area contributed by atoms with Crippen molar-refractivity contribution in [1.29, 1.82) is 0 Å². The number of rotatable bonds is 10. The Kier molecular flexibility index (Phi) is 10.1. The van der Waals surface area contributed by atoms with Crippen molar-refractivity contribution in [3.05, 3.63) is 112 Å². The van der Waals surface area contributed by atoms with Crippen molar-refractivity contribution in [3.8, 4) is 11.8 Å². The van der Waals surface area contributed by atoms with Gasteiger partial charge in [0.05, 0.1) is 0 Å². The molecule has 3 rings (SSSR count). The van der Waals surface area contributed by atoms with E-state index in [1.54, 1.807) is 0 Å². The molecule has 0 heterocycles. The van der Waals surface area contributed by atoms with Gasteiger partial charge in [0.25, 0.3) is 0 Å². The Labute approximate surface area is 201 Å². The highest BCUT2D eigenvalue weighted by atomic mass is 14.1. The molecule has 0 fully saturated rings. The van der Waals surface area contributed by atoms with Gasteiger partial charge in [0.1, 0.15) is 0 Å². The number of hydrogen-bond donors (Lipinski definition) is 0. The van der Waals surface area contributed by atoms with Crippen LogP contribution in [0, 0.1) is 17.8 Å². The molecule has 0 amide bonds. The van der Waals surface area contributed by atoms with Crippen LogP contribution in [0.25, 0.3) is 6.08 Å². The lowest BCUT2D eigenvalue weighted by molar-refractivity contribution is 0.581. The Hall–Kier alpha value is -3.04. The van der Waals surface area contributed by atoms with E-state index in [9.17, 15) is 0 Å². The maximum Gasteiger partial charge on any atom is 0.0249 e. The van der Waals surface area contributed by atoms with Gasteiger partial charge >= 0.3 is 0 Å². The van der Waals surface area contributed by atoms with Crippen molar-refractivity contribution in [1.82, 2.24) is 0 Å². The first-order valence-corrected chi connectivity index (χ1v) is 12.6. The van der Waals surface area contributed by atoms with E-state index in [2.05, 4.69) is 118 Å². The lowest BCUT2D eigenvalue weighted by Crippen LogP contribution is -1.98. The molecule has 0 radical (unpaired) electrons. The van der Waals surface area contributed by atoms with E-state index in [4.69, 9.17) is 0 Å². The molecule has 0 saturated carbocycles. The zero-order valence-corrected chi connectivity index (χ0v) is 20.6. The molecular weight excluding hydrogens is 396 g/mol. The molecule has 0 heteroatoms. The molecule has 1 unspecified atom stereocenters. The van der Waals surface area contributed by atoms with Crippen molar-refractivity contribution in [3.63, 3.8) is 0 Å². The molecule has 1 atom stereocenters. The highest BCUT2D eigenvalue weighted by Crippen LogP contribution is 2.21. The average molecular weight is 435 g/mol. The normalized spacial score (nSPS) is 12.2. The van der Waals surface area contributed by atoms with Crippen LogP contribution in [-0.4, -0.2) is 0 Å². The standard InChI is InChI=1S/C33H38/c1-4-5-7-12-30-16-18-31(19-17-30)20-21-32-22-24-33(25-23-32)26-28(3)27(2)11-10-15-29-13-8-6-9-14-29/h6,8-9,13-14,16-19,22-27H,4-5,7,10-12,15H2,1-3H3. The minimum absolute atomic E-state index is 0.595. The van der Waals surface area contributed by atoms with Crippen LogP contribution in [0.4, 0.5) is 0 Å². The average Bonchev–Trinajstić information content (AvgIpc) is 2.85. The van der Waals surface area contributed by atoms with Gasteiger partial charge in [-0.25, -0.2) is 0 Å². The Morgan fingerprint density at radius 2 is 1.30 bits per heavy atom. The van der Waals surface area contributed by atoms with Crippen molar-refractivity contribution < 1.29 is 0 Å². The summed E-state index contributed by atoms with van der Waals surface area (Å²) in [5, 5.41) is 0. The van der Waals surface area contributed by atoms with Gasteiger partial charge < -0.3 is 0 Å². The van der Waals surface area contributed by atoms with Crippen LogP contribution in [0.1, 0.15) is 80.7 Å². The fraction of sp³-hybridized carbons (Fsp3) is 0.333. The first-order chi connectivity index (χ1) is 16.1. The summed E-state index contributed by atoms with van der Waals surface area (Å²) in [7, 11) is 0. The smallest absolute Gasteiger partial charge is 0.0249 e. The summed E-state index contributed by atoms with van der Waals surface area (Å²) in [5.41, 5.74) is 7.69. The molecule has 0 aliphatic heterocycles. The molecule has 33 heavy (non-hydrogen) atoms. The van der Waals surface area contributed by atoms with Crippen molar-refractivity contribution in [2.75, 3.05) is 0 Å². The van der Waals surface area contributed by atoms with Crippen LogP contribution in [0.2, 0.25) is 0 Å². The van der Waals surface area contributed by atoms with Gasteiger partial charge in [-0.1, -0.05) is 105 Å². The molecule has 170 valence electrons. The molecule has 0 aromatic heterocycles. The van der Waals surface area contributed by atoms with E-state index < -0.39 is 0 Å². The van der Waals surface area contributed by atoms with Crippen LogP contribution < -0.4 is 0 Å². The molecule has 0 aliphatic rings. The van der Waals surface area contributed by atoms with E-state index in [1.807, 2.05) is 0 Å². The lowest BCUT2D eigenvalue weighted by atomic mass is 9.93. The second-order valence-electron chi connectivity index (χ2n) is 9.19. The van der Waals surface area contributed by atoms with Gasteiger partial charge in [0, 0.05) is 11.1 Å². The van der Waals surface area contributed by atoms with Gasteiger partial charge in [0.15, 0.2) is 0 Å². The van der Waals surface area contributed by atoms with Gasteiger partial charge in [-0.2, -0.15) is 0 Å². The highest BCUT2D eigenvalue weighted by molar-refractivity contribution is 5.55. The molecule has 3 aromatic rings. The van der Waals surface area contributed by atoms with Crippen molar-refractivity contribution >= 4 is 6.08 Å². The SMILES string of the molecule is CCCCCc1ccc(C#Cc2ccc(C=C(C)C(C)CCCc3ccccc3)cc2)cc1. The second-order valence-corrected chi connectivity index (χ2v) is 9.19. The zero-order chi connectivity index (χ0) is 23.3. The Morgan fingerprint density at radius 1 is 0.727 bits per heavy atom. The third-order valence-corrected chi connectivity index (χ3v) is 6.40. The largest absolute Gasteiger partial charge is 0.0699 e. The van der Waals surface area contributed by atoms with Crippen LogP contribution in [0.3, 0.4) is 0 Å². The fourth-order valence-corrected chi connectivity index (χ4v) is 4.03. The Bertz CT molecular complexity index is 1040. The summed E-state index contributed by atoms with van der Waals surface area (Å²) in [6.07, 6.45) is 10.9. The summed E-state index contributed by atoms with van der Waals surface area (Å²) in [6, 6.07) is 28.1. The minimum Gasteiger partial charge on any atom is -0.0699 e. The predicted octanol–water partition coefficient (Wildman–Crippen LogP) is 8.88. The molecule has 0 bridgehead atoms. The summed E-state index contributed by atoms with van der Waals surface area (Å²) in [5.74, 6) is 7.21. The van der Waals surface area contributed by atoms with Crippen LogP contribution in [-0.2, 0) is 12.8 Å². The summed E-state index contributed by atoms with van der Waals surface area (Å²) >= 11 is 0. The molecule has 0 aliphatic carbocycles.